The Balaban J connectivity index is 1.16. The van der Waals surface area contributed by atoms with Crippen LogP contribution in [-0.4, -0.2) is 48.7 Å². The molecule has 1 aromatic rings. The first-order valence-corrected chi connectivity index (χ1v) is 8.97. The maximum Gasteiger partial charge on any atom is 0.236 e. The summed E-state index contributed by atoms with van der Waals surface area (Å²) in [5, 5.41) is 0. The molecule has 134 valence electrons. The second-order valence-electron chi connectivity index (χ2n) is 6.94. The van der Waals surface area contributed by atoms with E-state index in [0.717, 1.165) is 17.1 Å². The number of nitrogens with zero attached hydrogens (tertiary/aromatic N) is 1. The Morgan fingerprint density at radius 3 is 2.65 bits per heavy atom. The zero-order chi connectivity index (χ0) is 17.7. The predicted octanol–water partition coefficient (Wildman–Crippen LogP) is 1.80. The summed E-state index contributed by atoms with van der Waals surface area (Å²) in [6.45, 7) is 1.38. The molecule has 1 aromatic carbocycles. The molecule has 4 aliphatic rings. The van der Waals surface area contributed by atoms with Gasteiger partial charge in [0.2, 0.25) is 11.8 Å². The number of amides is 2. The molecular weight excluding hydrogens is 334 g/mol. The van der Waals surface area contributed by atoms with Crippen molar-refractivity contribution < 1.29 is 23.8 Å². The van der Waals surface area contributed by atoms with Gasteiger partial charge in [-0.05, 0) is 24.6 Å². The van der Waals surface area contributed by atoms with Crippen LogP contribution in [0.4, 0.5) is 0 Å². The number of carbonyl (C=O) groups is 2. The minimum atomic E-state index is -0.329. The Bertz CT molecular complexity index is 799. The van der Waals surface area contributed by atoms with Crippen LogP contribution in [-0.2, 0) is 14.3 Å². The Labute approximate surface area is 151 Å². The number of benzene rings is 1. The number of ether oxygens (including phenoxy) is 3. The fourth-order valence-corrected chi connectivity index (χ4v) is 4.18. The normalized spacial score (nSPS) is 30.5. The van der Waals surface area contributed by atoms with Crippen molar-refractivity contribution in [3.8, 4) is 11.5 Å². The van der Waals surface area contributed by atoms with E-state index in [2.05, 4.69) is 0 Å². The van der Waals surface area contributed by atoms with E-state index < -0.39 is 0 Å². The van der Waals surface area contributed by atoms with Crippen molar-refractivity contribution >= 4 is 17.9 Å². The maximum absolute atomic E-state index is 12.5. The number of fused-ring (bicyclic) bond motifs is 6. The summed E-state index contributed by atoms with van der Waals surface area (Å²) >= 11 is 0. The van der Waals surface area contributed by atoms with Crippen molar-refractivity contribution in [3.63, 3.8) is 0 Å². The first-order chi connectivity index (χ1) is 12.7. The molecular formula is C20H19NO5. The average molecular weight is 353 g/mol. The van der Waals surface area contributed by atoms with Crippen LogP contribution < -0.4 is 9.47 Å². The molecule has 4 heterocycles. The average Bonchev–Trinajstić information content (AvgIpc) is 3.34. The van der Waals surface area contributed by atoms with Gasteiger partial charge in [0, 0.05) is 18.2 Å². The number of likely N-dealkylation sites (tertiary alicyclic amines) is 1. The third-order valence-electron chi connectivity index (χ3n) is 5.41. The lowest BCUT2D eigenvalue weighted by Crippen LogP contribution is -2.35. The molecule has 4 aliphatic heterocycles. The first kappa shape index (κ1) is 15.6. The third-order valence-corrected chi connectivity index (χ3v) is 5.41. The van der Waals surface area contributed by atoms with E-state index >= 15 is 0 Å². The molecule has 0 aliphatic carbocycles. The smallest absolute Gasteiger partial charge is 0.236 e. The van der Waals surface area contributed by atoms with Gasteiger partial charge in [0.05, 0.1) is 30.7 Å². The predicted molar refractivity (Wildman–Crippen MR) is 92.6 cm³/mol. The summed E-state index contributed by atoms with van der Waals surface area (Å²) in [5.74, 6) is 0.668. The highest BCUT2D eigenvalue weighted by molar-refractivity contribution is 6.06. The summed E-state index contributed by atoms with van der Waals surface area (Å²) in [6.07, 6.45) is 7.93. The van der Waals surface area contributed by atoms with E-state index in [9.17, 15) is 9.59 Å². The second-order valence-corrected chi connectivity index (χ2v) is 6.94. The van der Waals surface area contributed by atoms with Crippen LogP contribution in [0.5, 0.6) is 11.5 Å². The summed E-state index contributed by atoms with van der Waals surface area (Å²) in [4.78, 5) is 26.5. The highest BCUT2D eigenvalue weighted by atomic mass is 16.5. The molecule has 0 radical (unpaired) electrons. The highest BCUT2D eigenvalue weighted by Crippen LogP contribution is 2.45. The minimum absolute atomic E-state index is 0.106. The Morgan fingerprint density at radius 1 is 1.12 bits per heavy atom. The van der Waals surface area contributed by atoms with Crippen molar-refractivity contribution in [2.45, 2.75) is 18.6 Å². The van der Waals surface area contributed by atoms with E-state index in [4.69, 9.17) is 14.2 Å². The molecule has 5 rings (SSSR count). The van der Waals surface area contributed by atoms with Crippen molar-refractivity contribution in [1.82, 2.24) is 4.90 Å². The molecule has 0 spiro atoms. The quantitative estimate of drug-likeness (QED) is 0.459. The van der Waals surface area contributed by atoms with Gasteiger partial charge >= 0.3 is 0 Å². The van der Waals surface area contributed by atoms with Gasteiger partial charge < -0.3 is 14.2 Å². The minimum Gasteiger partial charge on any atom is -0.493 e. The fourth-order valence-electron chi connectivity index (χ4n) is 4.18. The maximum atomic E-state index is 12.5. The van der Waals surface area contributed by atoms with Gasteiger partial charge in [-0.15, -0.1) is 0 Å². The number of imide groups is 1. The van der Waals surface area contributed by atoms with Crippen LogP contribution >= 0.6 is 0 Å². The van der Waals surface area contributed by atoms with Crippen molar-refractivity contribution in [2.75, 3.05) is 19.8 Å². The topological polar surface area (TPSA) is 65.1 Å². The summed E-state index contributed by atoms with van der Waals surface area (Å²) in [5.41, 5.74) is 1.04. The lowest BCUT2D eigenvalue weighted by molar-refractivity contribution is -0.142. The summed E-state index contributed by atoms with van der Waals surface area (Å²) in [7, 11) is 0. The van der Waals surface area contributed by atoms with Gasteiger partial charge in [-0.1, -0.05) is 18.2 Å². The van der Waals surface area contributed by atoms with E-state index in [1.807, 2.05) is 42.5 Å². The van der Waals surface area contributed by atoms with Crippen molar-refractivity contribution in [2.24, 2.45) is 11.8 Å². The molecule has 2 bridgehead atoms. The molecule has 6 nitrogen and oxygen atoms in total. The van der Waals surface area contributed by atoms with Crippen LogP contribution in [0, 0.1) is 11.8 Å². The number of hydrogen-bond donors (Lipinski definition) is 0. The van der Waals surface area contributed by atoms with Gasteiger partial charge in [-0.25, -0.2) is 0 Å². The van der Waals surface area contributed by atoms with E-state index in [-0.39, 0.29) is 35.9 Å². The largest absolute Gasteiger partial charge is 0.493 e. The third kappa shape index (κ3) is 2.36. The molecule has 26 heavy (non-hydrogen) atoms. The molecule has 2 saturated heterocycles. The van der Waals surface area contributed by atoms with Crippen LogP contribution in [0.2, 0.25) is 0 Å². The molecule has 6 heteroatoms. The van der Waals surface area contributed by atoms with Crippen LogP contribution in [0.15, 0.2) is 36.4 Å². The van der Waals surface area contributed by atoms with Gasteiger partial charge in [-0.3, -0.25) is 14.5 Å². The lowest BCUT2D eigenvalue weighted by Gasteiger charge is -2.18. The first-order valence-electron chi connectivity index (χ1n) is 8.97. The molecule has 2 amide bonds. The standard InChI is InChI=1S/C20H19NO5/c22-19-17-14-6-7-15(26-14)18(17)20(23)21(19)8-2-10-24-13-5-4-12-3-1-9-25-16(12)11-13/h1,3-7,11,14-15,17-18H,2,8-10H2/t14-,15+,17?,18?. The van der Waals surface area contributed by atoms with Gasteiger partial charge in [-0.2, -0.15) is 0 Å². The van der Waals surface area contributed by atoms with Crippen molar-refractivity contribution in [1.29, 1.82) is 0 Å². The Hall–Kier alpha value is -2.60. The van der Waals surface area contributed by atoms with Crippen molar-refractivity contribution in [3.05, 3.63) is 42.0 Å². The number of carbonyl (C=O) groups excluding carboxylic acids is 2. The SMILES string of the molecule is O=C1C2C(C(=O)N1CCCOc1ccc3c(c1)OCC=C3)[C@H]1C=C[C@@H]2O1. The Kier molecular flexibility index (Phi) is 3.60. The lowest BCUT2D eigenvalue weighted by atomic mass is 9.85. The van der Waals surface area contributed by atoms with Crippen LogP contribution in [0.3, 0.4) is 0 Å². The van der Waals surface area contributed by atoms with E-state index in [0.29, 0.717) is 26.2 Å². The Morgan fingerprint density at radius 2 is 1.88 bits per heavy atom. The molecule has 2 fully saturated rings. The molecule has 0 N–H and O–H groups in total. The van der Waals surface area contributed by atoms with Crippen LogP contribution in [0.25, 0.3) is 6.08 Å². The molecule has 4 atom stereocenters. The van der Waals surface area contributed by atoms with Gasteiger partial charge in [0.15, 0.2) is 0 Å². The molecule has 2 unspecified atom stereocenters. The zero-order valence-electron chi connectivity index (χ0n) is 14.2. The zero-order valence-corrected chi connectivity index (χ0v) is 14.2. The van der Waals surface area contributed by atoms with E-state index in [1.54, 1.807) is 0 Å². The highest BCUT2D eigenvalue weighted by Gasteiger charge is 2.60. The van der Waals surface area contributed by atoms with E-state index in [1.165, 1.54) is 4.90 Å². The molecule has 0 aromatic heterocycles. The summed E-state index contributed by atoms with van der Waals surface area (Å²) in [6, 6.07) is 5.73. The summed E-state index contributed by atoms with van der Waals surface area (Å²) < 4.78 is 17.0. The second kappa shape index (κ2) is 5.99. The van der Waals surface area contributed by atoms with Crippen LogP contribution in [0.1, 0.15) is 12.0 Å². The fraction of sp³-hybridized carbons (Fsp3) is 0.400. The number of hydrogen-bond acceptors (Lipinski definition) is 5. The monoisotopic (exact) mass is 353 g/mol. The molecule has 0 saturated carbocycles. The number of rotatable bonds is 5. The van der Waals surface area contributed by atoms with Gasteiger partial charge in [0.1, 0.15) is 18.1 Å². The van der Waals surface area contributed by atoms with Gasteiger partial charge in [0.25, 0.3) is 0 Å².